The van der Waals surface area contributed by atoms with Crippen LogP contribution in [0.15, 0.2) is 42.9 Å². The maximum absolute atomic E-state index is 13.2. The van der Waals surface area contributed by atoms with Crippen molar-refractivity contribution in [3.05, 3.63) is 54.0 Å². The van der Waals surface area contributed by atoms with E-state index in [1.54, 1.807) is 30.7 Å². The summed E-state index contributed by atoms with van der Waals surface area (Å²) in [4.78, 5) is 8.12. The van der Waals surface area contributed by atoms with Crippen LogP contribution in [0.5, 0.6) is 0 Å². The van der Waals surface area contributed by atoms with Gasteiger partial charge in [-0.05, 0) is 24.5 Å². The van der Waals surface area contributed by atoms with Crippen molar-refractivity contribution in [1.29, 1.82) is 0 Å². The van der Waals surface area contributed by atoms with Crippen LogP contribution in [-0.2, 0) is 6.18 Å². The normalized spacial score (nSPS) is 21.8. The average molecular weight is 307 g/mol. The number of nitrogens with one attached hydrogen (secondary N) is 1. The number of nitrogens with zero attached hydrogens (tertiary/aromatic N) is 2. The number of hydrogen-bond donors (Lipinski definition) is 1. The standard InChI is InChI=1S/C16H16F3N3/c17-16(18,19)13-6-2-1-4-11(13)12-5-3-7-14(12)22-15-10-20-8-9-21-15/h1-2,4,6,8-10,12,14H,3,5,7H2,(H,21,22). The Bertz CT molecular complexity index is 628. The van der Waals surface area contributed by atoms with Gasteiger partial charge < -0.3 is 5.32 Å². The van der Waals surface area contributed by atoms with Gasteiger partial charge in [0.05, 0.1) is 11.8 Å². The van der Waals surface area contributed by atoms with E-state index < -0.39 is 11.7 Å². The van der Waals surface area contributed by atoms with Gasteiger partial charge in [0.1, 0.15) is 5.82 Å². The van der Waals surface area contributed by atoms with Crippen LogP contribution in [0.1, 0.15) is 36.3 Å². The topological polar surface area (TPSA) is 37.8 Å². The summed E-state index contributed by atoms with van der Waals surface area (Å²) in [6.45, 7) is 0. The van der Waals surface area contributed by atoms with Crippen LogP contribution in [0.4, 0.5) is 19.0 Å². The molecule has 1 aliphatic rings. The summed E-state index contributed by atoms with van der Waals surface area (Å²) in [5.74, 6) is 0.434. The Hall–Kier alpha value is -2.11. The molecule has 2 unspecified atom stereocenters. The molecule has 22 heavy (non-hydrogen) atoms. The summed E-state index contributed by atoms with van der Waals surface area (Å²) in [7, 11) is 0. The number of benzene rings is 1. The number of rotatable bonds is 3. The highest BCUT2D eigenvalue weighted by molar-refractivity contribution is 5.39. The van der Waals surface area contributed by atoms with E-state index in [9.17, 15) is 13.2 Å². The Morgan fingerprint density at radius 1 is 1.09 bits per heavy atom. The van der Waals surface area contributed by atoms with Crippen molar-refractivity contribution in [2.45, 2.75) is 37.4 Å². The van der Waals surface area contributed by atoms with Gasteiger partial charge >= 0.3 is 6.18 Å². The number of hydrogen-bond acceptors (Lipinski definition) is 3. The third-order valence-corrected chi connectivity index (χ3v) is 4.08. The fourth-order valence-corrected chi connectivity index (χ4v) is 3.15. The smallest absolute Gasteiger partial charge is 0.365 e. The number of alkyl halides is 3. The Kier molecular flexibility index (Phi) is 4.00. The summed E-state index contributed by atoms with van der Waals surface area (Å²) < 4.78 is 39.6. The predicted molar refractivity (Wildman–Crippen MR) is 77.5 cm³/mol. The zero-order valence-corrected chi connectivity index (χ0v) is 11.8. The summed E-state index contributed by atoms with van der Waals surface area (Å²) in [6.07, 6.45) is 2.86. The Balaban J connectivity index is 1.88. The van der Waals surface area contributed by atoms with Crippen molar-refractivity contribution in [3.8, 4) is 0 Å². The van der Waals surface area contributed by atoms with Crippen molar-refractivity contribution in [3.63, 3.8) is 0 Å². The zero-order chi connectivity index (χ0) is 15.6. The van der Waals surface area contributed by atoms with Crippen molar-refractivity contribution >= 4 is 5.82 Å². The Labute approximate surface area is 126 Å². The van der Waals surface area contributed by atoms with E-state index in [1.165, 1.54) is 6.07 Å². The van der Waals surface area contributed by atoms with Gasteiger partial charge in [0, 0.05) is 24.4 Å². The first kappa shape index (κ1) is 14.8. The van der Waals surface area contributed by atoms with Crippen LogP contribution in [0.25, 0.3) is 0 Å². The summed E-state index contributed by atoms with van der Waals surface area (Å²) in [5.41, 5.74) is -0.165. The molecule has 1 aromatic carbocycles. The molecule has 1 saturated carbocycles. The lowest BCUT2D eigenvalue weighted by molar-refractivity contribution is -0.138. The molecule has 2 atom stereocenters. The fraction of sp³-hybridized carbons (Fsp3) is 0.375. The molecule has 1 heterocycles. The van der Waals surface area contributed by atoms with Crippen LogP contribution in [-0.4, -0.2) is 16.0 Å². The molecule has 1 aliphatic carbocycles. The summed E-state index contributed by atoms with van der Waals surface area (Å²) >= 11 is 0. The highest BCUT2D eigenvalue weighted by Crippen LogP contribution is 2.42. The van der Waals surface area contributed by atoms with Gasteiger partial charge in [0.2, 0.25) is 0 Å². The fourth-order valence-electron chi connectivity index (χ4n) is 3.15. The molecule has 0 spiro atoms. The Morgan fingerprint density at radius 2 is 1.91 bits per heavy atom. The molecule has 1 aromatic heterocycles. The maximum atomic E-state index is 13.2. The van der Waals surface area contributed by atoms with Gasteiger partial charge in [-0.15, -0.1) is 0 Å². The molecule has 0 saturated heterocycles. The van der Waals surface area contributed by atoms with Crippen molar-refractivity contribution < 1.29 is 13.2 Å². The molecular formula is C16H16F3N3. The molecule has 3 rings (SSSR count). The van der Waals surface area contributed by atoms with Crippen molar-refractivity contribution in [2.24, 2.45) is 0 Å². The van der Waals surface area contributed by atoms with Crippen molar-refractivity contribution in [1.82, 2.24) is 9.97 Å². The second-order valence-corrected chi connectivity index (χ2v) is 5.46. The molecule has 0 amide bonds. The van der Waals surface area contributed by atoms with E-state index in [2.05, 4.69) is 15.3 Å². The van der Waals surface area contributed by atoms with Gasteiger partial charge in [-0.2, -0.15) is 13.2 Å². The van der Waals surface area contributed by atoms with E-state index >= 15 is 0 Å². The minimum Gasteiger partial charge on any atom is -0.365 e. The number of anilines is 1. The average Bonchev–Trinajstić information content (AvgIpc) is 2.95. The van der Waals surface area contributed by atoms with Crippen molar-refractivity contribution in [2.75, 3.05) is 5.32 Å². The third-order valence-electron chi connectivity index (χ3n) is 4.08. The summed E-state index contributed by atoms with van der Waals surface area (Å²) in [5, 5.41) is 3.23. The molecule has 116 valence electrons. The molecule has 1 fully saturated rings. The molecule has 3 nitrogen and oxygen atoms in total. The highest BCUT2D eigenvalue weighted by Gasteiger charge is 2.38. The molecule has 0 aliphatic heterocycles. The lowest BCUT2D eigenvalue weighted by Crippen LogP contribution is -2.25. The monoisotopic (exact) mass is 307 g/mol. The van der Waals surface area contributed by atoms with Crippen LogP contribution in [0, 0.1) is 0 Å². The van der Waals surface area contributed by atoms with Gasteiger partial charge in [-0.1, -0.05) is 24.6 Å². The molecule has 6 heteroatoms. The first-order chi connectivity index (χ1) is 10.6. The second-order valence-electron chi connectivity index (χ2n) is 5.46. The highest BCUT2D eigenvalue weighted by atomic mass is 19.4. The summed E-state index contributed by atoms with van der Waals surface area (Å²) in [6, 6.07) is 5.80. The third kappa shape index (κ3) is 3.05. The lowest BCUT2D eigenvalue weighted by Gasteiger charge is -2.24. The van der Waals surface area contributed by atoms with Gasteiger partial charge in [0.25, 0.3) is 0 Å². The van der Waals surface area contributed by atoms with Crippen LogP contribution >= 0.6 is 0 Å². The molecule has 0 bridgehead atoms. The minimum absolute atomic E-state index is 0.0554. The zero-order valence-electron chi connectivity index (χ0n) is 11.8. The van der Waals surface area contributed by atoms with E-state index in [-0.39, 0.29) is 12.0 Å². The Morgan fingerprint density at radius 3 is 2.64 bits per heavy atom. The minimum atomic E-state index is -4.32. The van der Waals surface area contributed by atoms with E-state index in [4.69, 9.17) is 0 Å². The van der Waals surface area contributed by atoms with Gasteiger partial charge in [0.15, 0.2) is 0 Å². The maximum Gasteiger partial charge on any atom is 0.416 e. The lowest BCUT2D eigenvalue weighted by atomic mass is 9.90. The van der Waals surface area contributed by atoms with Crippen LogP contribution < -0.4 is 5.32 Å². The van der Waals surface area contributed by atoms with E-state index in [0.29, 0.717) is 11.4 Å². The molecular weight excluding hydrogens is 291 g/mol. The van der Waals surface area contributed by atoms with Crippen LogP contribution in [0.3, 0.4) is 0 Å². The quantitative estimate of drug-likeness (QED) is 0.921. The van der Waals surface area contributed by atoms with Gasteiger partial charge in [-0.25, -0.2) is 4.98 Å². The number of halogens is 3. The van der Waals surface area contributed by atoms with Crippen LogP contribution in [0.2, 0.25) is 0 Å². The molecule has 2 aromatic rings. The first-order valence-electron chi connectivity index (χ1n) is 7.24. The second kappa shape index (κ2) is 5.94. The van der Waals surface area contributed by atoms with Gasteiger partial charge in [-0.3, -0.25) is 4.98 Å². The largest absolute Gasteiger partial charge is 0.416 e. The SMILES string of the molecule is FC(F)(F)c1ccccc1C1CCCC1Nc1cnccn1. The molecule has 1 N–H and O–H groups in total. The molecule has 0 radical (unpaired) electrons. The first-order valence-corrected chi connectivity index (χ1v) is 7.24. The predicted octanol–water partition coefficient (Wildman–Crippen LogP) is 4.24. The number of aromatic nitrogens is 2. The van der Waals surface area contributed by atoms with E-state index in [0.717, 1.165) is 25.3 Å². The van der Waals surface area contributed by atoms with E-state index in [1.807, 2.05) is 0 Å².